The molecule has 3 unspecified atom stereocenters. The number of piperidine rings is 1. The van der Waals surface area contributed by atoms with Gasteiger partial charge in [-0.3, -0.25) is 0 Å². The molecule has 1 aromatic rings. The molecule has 2 heterocycles. The van der Waals surface area contributed by atoms with E-state index in [0.717, 1.165) is 17.1 Å². The fourth-order valence-electron chi connectivity index (χ4n) is 4.10. The number of hydrogen-bond donors (Lipinski definition) is 1. The summed E-state index contributed by atoms with van der Waals surface area (Å²) in [5, 5.41) is 0. The minimum Gasteiger partial charge on any atom is -0.497 e. The Kier molecular flexibility index (Phi) is 4.09. The van der Waals surface area contributed by atoms with E-state index in [1.54, 1.807) is 14.2 Å². The summed E-state index contributed by atoms with van der Waals surface area (Å²) in [5.41, 5.74) is 7.69. The van der Waals surface area contributed by atoms with Crippen LogP contribution in [0.2, 0.25) is 0 Å². The molecule has 0 aliphatic carbocycles. The van der Waals surface area contributed by atoms with Gasteiger partial charge in [0.1, 0.15) is 11.5 Å². The van der Waals surface area contributed by atoms with E-state index in [2.05, 4.69) is 11.9 Å². The topological polar surface area (TPSA) is 47.7 Å². The van der Waals surface area contributed by atoms with Crippen LogP contribution >= 0.6 is 0 Å². The quantitative estimate of drug-likeness (QED) is 0.926. The molecule has 3 rings (SSSR count). The Balaban J connectivity index is 1.83. The fraction of sp³-hybridized carbons (Fsp3) is 0.647. The van der Waals surface area contributed by atoms with E-state index in [0.29, 0.717) is 18.0 Å². The van der Waals surface area contributed by atoms with Crippen LogP contribution in [0.1, 0.15) is 37.3 Å². The number of nitrogens with two attached hydrogens (primary N) is 1. The van der Waals surface area contributed by atoms with Gasteiger partial charge < -0.3 is 20.1 Å². The summed E-state index contributed by atoms with van der Waals surface area (Å²) in [6.07, 6.45) is 5.02. The minimum atomic E-state index is 0.0202. The van der Waals surface area contributed by atoms with Crippen molar-refractivity contribution in [2.75, 3.05) is 21.3 Å². The Bertz CT molecular complexity index is 492. The zero-order valence-corrected chi connectivity index (χ0v) is 13.2. The third-order valence-electron chi connectivity index (χ3n) is 5.44. The number of benzene rings is 1. The Hall–Kier alpha value is -1.26. The van der Waals surface area contributed by atoms with Crippen LogP contribution in [0.15, 0.2) is 18.2 Å². The molecule has 0 spiro atoms. The lowest BCUT2D eigenvalue weighted by molar-refractivity contribution is 0.120. The molecule has 2 N–H and O–H groups in total. The standard InChI is InChI=1S/C17H26N2O2/c1-19-12-4-5-13(19)9-11(8-12)17(18)15-10-14(20-2)6-7-16(15)21-3/h6-7,10-13,17H,4-5,8-9,18H2,1-3H3. The maximum atomic E-state index is 6.61. The van der Waals surface area contributed by atoms with Crippen LogP contribution in [0.25, 0.3) is 0 Å². The van der Waals surface area contributed by atoms with E-state index in [-0.39, 0.29) is 6.04 Å². The highest BCUT2D eigenvalue weighted by Gasteiger charge is 2.40. The molecule has 0 radical (unpaired) electrons. The van der Waals surface area contributed by atoms with Crippen molar-refractivity contribution in [3.63, 3.8) is 0 Å². The third-order valence-corrected chi connectivity index (χ3v) is 5.44. The van der Waals surface area contributed by atoms with Gasteiger partial charge in [-0.05, 0) is 56.8 Å². The van der Waals surface area contributed by atoms with E-state index < -0.39 is 0 Å². The number of hydrogen-bond acceptors (Lipinski definition) is 4. The number of ether oxygens (including phenoxy) is 2. The summed E-state index contributed by atoms with van der Waals surface area (Å²) >= 11 is 0. The van der Waals surface area contributed by atoms with Gasteiger partial charge in [0, 0.05) is 23.7 Å². The predicted octanol–water partition coefficient (Wildman–Crippen LogP) is 2.58. The van der Waals surface area contributed by atoms with Crippen LogP contribution < -0.4 is 15.2 Å². The maximum absolute atomic E-state index is 6.61. The second kappa shape index (κ2) is 5.85. The highest BCUT2D eigenvalue weighted by Crippen LogP contribution is 2.43. The summed E-state index contributed by atoms with van der Waals surface area (Å²) in [5.74, 6) is 2.24. The number of fused-ring (bicyclic) bond motifs is 2. The highest BCUT2D eigenvalue weighted by atomic mass is 16.5. The average Bonchev–Trinajstić information content (AvgIpc) is 2.75. The van der Waals surface area contributed by atoms with Gasteiger partial charge in [-0.2, -0.15) is 0 Å². The number of methoxy groups -OCH3 is 2. The number of nitrogens with zero attached hydrogens (tertiary/aromatic N) is 1. The maximum Gasteiger partial charge on any atom is 0.123 e. The smallest absolute Gasteiger partial charge is 0.123 e. The molecule has 116 valence electrons. The van der Waals surface area contributed by atoms with Gasteiger partial charge in [0.15, 0.2) is 0 Å². The van der Waals surface area contributed by atoms with E-state index >= 15 is 0 Å². The molecule has 0 saturated carbocycles. The molecule has 2 aliphatic rings. The molecule has 21 heavy (non-hydrogen) atoms. The van der Waals surface area contributed by atoms with Crippen LogP contribution in [-0.2, 0) is 0 Å². The molecule has 2 aliphatic heterocycles. The Labute approximate surface area is 127 Å². The van der Waals surface area contributed by atoms with E-state index in [1.807, 2.05) is 18.2 Å². The second-order valence-corrected chi connectivity index (χ2v) is 6.42. The van der Waals surface area contributed by atoms with Crippen LogP contribution in [0.3, 0.4) is 0 Å². The van der Waals surface area contributed by atoms with Crippen molar-refractivity contribution in [2.45, 2.75) is 43.8 Å². The van der Waals surface area contributed by atoms with Gasteiger partial charge in [0.25, 0.3) is 0 Å². The minimum absolute atomic E-state index is 0.0202. The molecule has 1 aromatic carbocycles. The van der Waals surface area contributed by atoms with Crippen molar-refractivity contribution in [1.82, 2.24) is 4.90 Å². The van der Waals surface area contributed by atoms with E-state index in [1.165, 1.54) is 25.7 Å². The first-order valence-electron chi connectivity index (χ1n) is 7.83. The van der Waals surface area contributed by atoms with Crippen molar-refractivity contribution in [3.05, 3.63) is 23.8 Å². The van der Waals surface area contributed by atoms with Crippen molar-refractivity contribution < 1.29 is 9.47 Å². The molecule has 3 atom stereocenters. The Morgan fingerprint density at radius 3 is 2.38 bits per heavy atom. The molecule has 4 nitrogen and oxygen atoms in total. The SMILES string of the molecule is COc1ccc(OC)c(C(N)C2CC3CCC(C2)N3C)c1. The van der Waals surface area contributed by atoms with Crippen LogP contribution in [0.4, 0.5) is 0 Å². The normalized spacial score (nSPS) is 30.2. The molecule has 2 saturated heterocycles. The average molecular weight is 290 g/mol. The summed E-state index contributed by atoms with van der Waals surface area (Å²) in [6.45, 7) is 0. The molecular weight excluding hydrogens is 264 g/mol. The monoisotopic (exact) mass is 290 g/mol. The van der Waals surface area contributed by atoms with Crippen molar-refractivity contribution in [3.8, 4) is 11.5 Å². The molecule has 0 amide bonds. The fourth-order valence-corrected chi connectivity index (χ4v) is 4.10. The van der Waals surface area contributed by atoms with Gasteiger partial charge in [-0.15, -0.1) is 0 Å². The predicted molar refractivity (Wildman–Crippen MR) is 83.8 cm³/mol. The Morgan fingerprint density at radius 2 is 1.81 bits per heavy atom. The second-order valence-electron chi connectivity index (χ2n) is 6.42. The van der Waals surface area contributed by atoms with Crippen molar-refractivity contribution >= 4 is 0 Å². The zero-order valence-electron chi connectivity index (χ0n) is 13.2. The highest BCUT2D eigenvalue weighted by molar-refractivity contribution is 5.42. The lowest BCUT2D eigenvalue weighted by atomic mass is 9.82. The summed E-state index contributed by atoms with van der Waals surface area (Å²) in [6, 6.07) is 7.34. The van der Waals surface area contributed by atoms with Gasteiger partial charge in [0.05, 0.1) is 14.2 Å². The lowest BCUT2D eigenvalue weighted by Crippen LogP contribution is -2.42. The Morgan fingerprint density at radius 1 is 1.14 bits per heavy atom. The molecule has 2 fully saturated rings. The van der Waals surface area contributed by atoms with Gasteiger partial charge >= 0.3 is 0 Å². The van der Waals surface area contributed by atoms with Crippen molar-refractivity contribution in [2.24, 2.45) is 11.7 Å². The van der Waals surface area contributed by atoms with Gasteiger partial charge in [-0.25, -0.2) is 0 Å². The lowest BCUT2D eigenvalue weighted by Gasteiger charge is -2.39. The van der Waals surface area contributed by atoms with E-state index in [4.69, 9.17) is 15.2 Å². The zero-order chi connectivity index (χ0) is 15.0. The third kappa shape index (κ3) is 2.62. The summed E-state index contributed by atoms with van der Waals surface area (Å²) in [4.78, 5) is 2.55. The van der Waals surface area contributed by atoms with Crippen LogP contribution in [-0.4, -0.2) is 38.3 Å². The van der Waals surface area contributed by atoms with Gasteiger partial charge in [-0.1, -0.05) is 0 Å². The molecule has 0 aromatic heterocycles. The van der Waals surface area contributed by atoms with E-state index in [9.17, 15) is 0 Å². The molecule has 2 bridgehead atoms. The van der Waals surface area contributed by atoms with Gasteiger partial charge in [0.2, 0.25) is 0 Å². The molecular formula is C17H26N2O2. The van der Waals surface area contributed by atoms with Crippen molar-refractivity contribution in [1.29, 1.82) is 0 Å². The number of rotatable bonds is 4. The first kappa shape index (κ1) is 14.7. The molecule has 4 heteroatoms. The van der Waals surface area contributed by atoms with Crippen LogP contribution in [0, 0.1) is 5.92 Å². The first-order valence-corrected chi connectivity index (χ1v) is 7.83. The summed E-state index contributed by atoms with van der Waals surface area (Å²) < 4.78 is 10.8. The largest absolute Gasteiger partial charge is 0.497 e. The first-order chi connectivity index (χ1) is 10.1. The van der Waals surface area contributed by atoms with Crippen LogP contribution in [0.5, 0.6) is 11.5 Å². The summed E-state index contributed by atoms with van der Waals surface area (Å²) in [7, 11) is 5.65.